The second kappa shape index (κ2) is 8.18. The normalized spacial score (nSPS) is 33.6. The Morgan fingerprint density at radius 1 is 1.27 bits per heavy atom. The summed E-state index contributed by atoms with van der Waals surface area (Å²) in [7, 11) is 0. The van der Waals surface area contributed by atoms with Crippen molar-refractivity contribution < 1.29 is 18.3 Å². The highest BCUT2D eigenvalue weighted by atomic mass is 32.2. The van der Waals surface area contributed by atoms with Gasteiger partial charge in [0.25, 0.3) is 0 Å². The molecule has 30 heavy (non-hydrogen) atoms. The molecule has 0 bridgehead atoms. The maximum absolute atomic E-state index is 13.5. The zero-order valence-electron chi connectivity index (χ0n) is 19.5. The zero-order chi connectivity index (χ0) is 23.2. The largest absolute Gasteiger partial charge is 0.394 e. The molecule has 0 aromatic heterocycles. The first kappa shape index (κ1) is 25.9. The lowest BCUT2D eigenvalue weighted by Gasteiger charge is -2.34. The van der Waals surface area contributed by atoms with Crippen LogP contribution in [0, 0.1) is 16.7 Å². The van der Waals surface area contributed by atoms with E-state index in [1.807, 2.05) is 6.92 Å². The van der Waals surface area contributed by atoms with Crippen molar-refractivity contribution in [3.05, 3.63) is 12.3 Å². The van der Waals surface area contributed by atoms with Gasteiger partial charge in [0.1, 0.15) is 0 Å². The molecular weight excluding hydrogens is 409 g/mol. The molecule has 4 unspecified atom stereocenters. The van der Waals surface area contributed by atoms with Gasteiger partial charge in [0, 0.05) is 21.4 Å². The van der Waals surface area contributed by atoms with Crippen LogP contribution in [0.2, 0.25) is 0 Å². The van der Waals surface area contributed by atoms with Crippen molar-refractivity contribution >= 4 is 11.8 Å². The predicted molar refractivity (Wildman–Crippen MR) is 120 cm³/mol. The number of thioether (sulfide) groups is 1. The molecule has 0 aromatic rings. The van der Waals surface area contributed by atoms with Gasteiger partial charge in [-0.1, -0.05) is 48.1 Å². The van der Waals surface area contributed by atoms with Crippen molar-refractivity contribution in [3.63, 3.8) is 0 Å². The molecule has 2 aliphatic rings. The number of hydrogen-bond donors (Lipinski definition) is 3. The van der Waals surface area contributed by atoms with E-state index in [2.05, 4.69) is 39.6 Å². The third kappa shape index (κ3) is 4.15. The first-order valence-electron chi connectivity index (χ1n) is 11.2. The number of halogens is 3. The molecule has 7 heteroatoms. The second-order valence-corrected chi connectivity index (χ2v) is 12.3. The third-order valence-electron chi connectivity index (χ3n) is 8.51. The van der Waals surface area contributed by atoms with E-state index in [9.17, 15) is 18.3 Å². The van der Waals surface area contributed by atoms with Crippen LogP contribution in [0.3, 0.4) is 0 Å². The predicted octanol–water partition coefficient (Wildman–Crippen LogP) is 5.63. The molecule has 2 aliphatic carbocycles. The maximum atomic E-state index is 13.5. The van der Waals surface area contributed by atoms with Gasteiger partial charge in [-0.05, 0) is 50.2 Å². The van der Waals surface area contributed by atoms with Crippen molar-refractivity contribution in [2.75, 3.05) is 12.4 Å². The van der Waals surface area contributed by atoms with Gasteiger partial charge in [0.2, 0.25) is 0 Å². The van der Waals surface area contributed by atoms with E-state index in [0.29, 0.717) is 6.42 Å². The molecule has 0 saturated heterocycles. The fraction of sp³-hybridized carbons (Fsp3) is 0.913. The molecule has 0 aliphatic heterocycles. The van der Waals surface area contributed by atoms with Gasteiger partial charge in [0.15, 0.2) is 0 Å². The summed E-state index contributed by atoms with van der Waals surface area (Å²) in [5, 5.41) is 13.1. The Bertz CT molecular complexity index is 641. The lowest BCUT2D eigenvalue weighted by molar-refractivity contribution is -0.189. The average Bonchev–Trinajstić information content (AvgIpc) is 3.45. The number of nitrogens with two attached hydrogens (primary N) is 1. The Morgan fingerprint density at radius 2 is 1.83 bits per heavy atom. The summed E-state index contributed by atoms with van der Waals surface area (Å²) >= 11 is 1.78. The van der Waals surface area contributed by atoms with Crippen LogP contribution in [0.4, 0.5) is 13.2 Å². The number of aliphatic hydroxyl groups excluding tert-OH is 1. The van der Waals surface area contributed by atoms with Crippen molar-refractivity contribution in [1.29, 1.82) is 0 Å². The quantitative estimate of drug-likeness (QED) is 0.361. The summed E-state index contributed by atoms with van der Waals surface area (Å²) in [4.78, 5) is 0. The molecule has 0 radical (unpaired) electrons. The molecular formula is C23H41F3N2OS. The van der Waals surface area contributed by atoms with E-state index in [0.717, 1.165) is 37.1 Å². The Morgan fingerprint density at radius 3 is 2.27 bits per heavy atom. The average molecular weight is 451 g/mol. The molecule has 2 saturated carbocycles. The zero-order valence-corrected chi connectivity index (χ0v) is 20.3. The molecule has 176 valence electrons. The van der Waals surface area contributed by atoms with Gasteiger partial charge in [-0.3, -0.25) is 0 Å². The summed E-state index contributed by atoms with van der Waals surface area (Å²) in [6, 6.07) is 0. The first-order chi connectivity index (χ1) is 13.6. The summed E-state index contributed by atoms with van der Waals surface area (Å²) in [5.74, 6) is 0.674. The number of aliphatic hydroxyl groups is 1. The maximum Gasteiger partial charge on any atom is 0.394 e. The van der Waals surface area contributed by atoms with Crippen LogP contribution in [-0.2, 0) is 0 Å². The van der Waals surface area contributed by atoms with Crippen molar-refractivity contribution in [2.45, 2.75) is 102 Å². The standard InChI is InChI=1S/C23H41F3N2OS/c1-8-20(9-2,15-29)28-16(3)10-11-18(5,6)30-13-12-22(27)17(4)21(22)14-19(21,7)23(24,25)26/h17,28-29H,3,8-15,27H2,1-2,4-7H3. The number of hydrogen-bond acceptors (Lipinski definition) is 4. The highest BCUT2D eigenvalue weighted by molar-refractivity contribution is 8.00. The SMILES string of the molecule is C=C(CCC(C)(C)SCCC1(N)C(C)C12CC2(C)C(F)(F)F)NC(CC)(CC)CO. The fourth-order valence-corrected chi connectivity index (χ4v) is 6.85. The van der Waals surface area contributed by atoms with E-state index >= 15 is 0 Å². The summed E-state index contributed by atoms with van der Waals surface area (Å²) < 4.78 is 40.4. The van der Waals surface area contributed by atoms with Gasteiger partial charge in [-0.2, -0.15) is 24.9 Å². The van der Waals surface area contributed by atoms with E-state index in [4.69, 9.17) is 5.73 Å². The lowest BCUT2D eigenvalue weighted by Crippen LogP contribution is -2.46. The molecule has 0 amide bonds. The fourth-order valence-electron chi connectivity index (χ4n) is 5.61. The Labute approximate surface area is 184 Å². The lowest BCUT2D eigenvalue weighted by atomic mass is 9.93. The van der Waals surface area contributed by atoms with Crippen LogP contribution in [0.1, 0.15) is 80.1 Å². The van der Waals surface area contributed by atoms with Gasteiger partial charge in [-0.25, -0.2) is 0 Å². The molecule has 0 aromatic carbocycles. The Kier molecular flexibility index (Phi) is 7.05. The van der Waals surface area contributed by atoms with Crippen LogP contribution < -0.4 is 11.1 Å². The molecule has 4 atom stereocenters. The van der Waals surface area contributed by atoms with E-state index in [1.54, 1.807) is 11.8 Å². The number of nitrogens with one attached hydrogen (secondary N) is 1. The molecule has 0 heterocycles. The van der Waals surface area contributed by atoms with Crippen LogP contribution in [0.5, 0.6) is 0 Å². The van der Waals surface area contributed by atoms with Crippen molar-refractivity contribution in [1.82, 2.24) is 5.32 Å². The van der Waals surface area contributed by atoms with Gasteiger partial charge in [-0.15, -0.1) is 0 Å². The van der Waals surface area contributed by atoms with Gasteiger partial charge >= 0.3 is 6.18 Å². The van der Waals surface area contributed by atoms with Gasteiger partial charge < -0.3 is 16.2 Å². The Hall–Kier alpha value is -0.400. The van der Waals surface area contributed by atoms with E-state index in [-0.39, 0.29) is 29.2 Å². The van der Waals surface area contributed by atoms with Crippen LogP contribution >= 0.6 is 11.8 Å². The minimum absolute atomic E-state index is 0.0243. The highest BCUT2D eigenvalue weighted by Crippen LogP contribution is 2.89. The highest BCUT2D eigenvalue weighted by Gasteiger charge is 2.94. The van der Waals surface area contributed by atoms with Crippen molar-refractivity contribution in [3.8, 4) is 0 Å². The molecule has 3 nitrogen and oxygen atoms in total. The molecule has 2 fully saturated rings. The minimum Gasteiger partial charge on any atom is -0.394 e. The minimum atomic E-state index is -4.18. The second-order valence-electron chi connectivity index (χ2n) is 10.5. The number of rotatable bonds is 12. The van der Waals surface area contributed by atoms with Crippen molar-refractivity contribution in [2.24, 2.45) is 22.5 Å². The smallest absolute Gasteiger partial charge is 0.394 e. The van der Waals surface area contributed by atoms with E-state index in [1.165, 1.54) is 6.92 Å². The van der Waals surface area contributed by atoms with E-state index < -0.39 is 22.5 Å². The molecule has 4 N–H and O–H groups in total. The summed E-state index contributed by atoms with van der Waals surface area (Å²) in [5.41, 5.74) is 4.05. The number of alkyl halides is 3. The molecule has 2 rings (SSSR count). The van der Waals surface area contributed by atoms with Gasteiger partial charge in [0.05, 0.1) is 17.6 Å². The molecule has 1 spiro atoms. The summed E-state index contributed by atoms with van der Waals surface area (Å²) in [6.07, 6.45) is -0.0461. The topological polar surface area (TPSA) is 58.3 Å². The monoisotopic (exact) mass is 450 g/mol. The Balaban J connectivity index is 1.82. The van der Waals surface area contributed by atoms with Crippen LogP contribution in [0.15, 0.2) is 12.3 Å². The van der Waals surface area contributed by atoms with Crippen LogP contribution in [0.25, 0.3) is 0 Å². The van der Waals surface area contributed by atoms with Crippen LogP contribution in [-0.4, -0.2) is 39.5 Å². The number of allylic oxidation sites excluding steroid dienone is 1. The first-order valence-corrected chi connectivity index (χ1v) is 12.2. The summed E-state index contributed by atoms with van der Waals surface area (Å²) in [6.45, 7) is 15.9. The third-order valence-corrected chi connectivity index (χ3v) is 9.91.